The normalized spacial score (nSPS) is 23.1. The van der Waals surface area contributed by atoms with Crippen LogP contribution in [-0.2, 0) is 25.6 Å². The van der Waals surface area contributed by atoms with Crippen LogP contribution in [0.5, 0.6) is 5.75 Å². The van der Waals surface area contributed by atoms with Gasteiger partial charge in [-0.2, -0.15) is 0 Å². The average Bonchev–Trinajstić information content (AvgIpc) is 3.00. The van der Waals surface area contributed by atoms with Crippen LogP contribution >= 0.6 is 0 Å². The van der Waals surface area contributed by atoms with Gasteiger partial charge in [-0.1, -0.05) is 12.1 Å². The van der Waals surface area contributed by atoms with Crippen molar-refractivity contribution < 1.29 is 26.7 Å². The van der Waals surface area contributed by atoms with Crippen molar-refractivity contribution in [1.82, 2.24) is 9.44 Å². The minimum absolute atomic E-state index is 0.158. The molecule has 0 aromatic heterocycles. The standard InChI is InChI=1S/C19H32N2O6S2/c1-14(2)28(23,24)20-12-13-27-17-9-7-16(8-10-17)19(22)11-5-6-18(19)21-29(25,26)15(3)4/h7-10,14-15,18,20-22H,5-6,11-13H2,1-4H3. The lowest BCUT2D eigenvalue weighted by Gasteiger charge is -2.31. The highest BCUT2D eigenvalue weighted by Crippen LogP contribution is 2.40. The molecule has 1 aliphatic carbocycles. The molecule has 166 valence electrons. The van der Waals surface area contributed by atoms with Gasteiger partial charge in [0.1, 0.15) is 18.0 Å². The highest BCUT2D eigenvalue weighted by atomic mass is 32.2. The van der Waals surface area contributed by atoms with Gasteiger partial charge in [-0.15, -0.1) is 0 Å². The molecule has 1 saturated carbocycles. The summed E-state index contributed by atoms with van der Waals surface area (Å²) in [5.74, 6) is 0.540. The number of nitrogens with one attached hydrogen (secondary N) is 2. The van der Waals surface area contributed by atoms with Gasteiger partial charge < -0.3 is 9.84 Å². The summed E-state index contributed by atoms with van der Waals surface area (Å²) in [6.07, 6.45) is 1.75. The Labute approximate surface area is 174 Å². The molecule has 2 unspecified atom stereocenters. The Hall–Kier alpha value is -1.20. The molecule has 0 amide bonds. The van der Waals surface area contributed by atoms with Crippen LogP contribution < -0.4 is 14.2 Å². The summed E-state index contributed by atoms with van der Waals surface area (Å²) in [5.41, 5.74) is -0.646. The highest BCUT2D eigenvalue weighted by molar-refractivity contribution is 7.90. The maximum Gasteiger partial charge on any atom is 0.214 e. The second-order valence-corrected chi connectivity index (χ2v) is 12.5. The zero-order chi connectivity index (χ0) is 21.9. The molecular formula is C19H32N2O6S2. The molecule has 3 N–H and O–H groups in total. The van der Waals surface area contributed by atoms with Crippen molar-refractivity contribution in [3.8, 4) is 5.75 Å². The highest BCUT2D eigenvalue weighted by Gasteiger charge is 2.44. The van der Waals surface area contributed by atoms with E-state index in [-0.39, 0.29) is 13.2 Å². The molecular weight excluding hydrogens is 416 g/mol. The Morgan fingerprint density at radius 2 is 1.66 bits per heavy atom. The Balaban J connectivity index is 1.99. The fraction of sp³-hybridized carbons (Fsp3) is 0.684. The average molecular weight is 449 g/mol. The molecule has 10 heteroatoms. The van der Waals surface area contributed by atoms with E-state index in [1.54, 1.807) is 52.0 Å². The minimum Gasteiger partial charge on any atom is -0.492 e. The van der Waals surface area contributed by atoms with Crippen LogP contribution in [0.2, 0.25) is 0 Å². The predicted octanol–water partition coefficient (Wildman–Crippen LogP) is 1.46. The third kappa shape index (κ3) is 5.91. The Bertz CT molecular complexity index is 882. The minimum atomic E-state index is -3.49. The van der Waals surface area contributed by atoms with Crippen LogP contribution in [0.1, 0.15) is 52.5 Å². The van der Waals surface area contributed by atoms with Gasteiger partial charge in [0.25, 0.3) is 0 Å². The molecule has 29 heavy (non-hydrogen) atoms. The van der Waals surface area contributed by atoms with Crippen LogP contribution in [-0.4, -0.2) is 51.6 Å². The molecule has 8 nitrogen and oxygen atoms in total. The first kappa shape index (κ1) is 24.1. The van der Waals surface area contributed by atoms with Gasteiger partial charge >= 0.3 is 0 Å². The molecule has 1 aromatic carbocycles. The first-order chi connectivity index (χ1) is 13.4. The molecule has 2 rings (SSSR count). The summed E-state index contributed by atoms with van der Waals surface area (Å²) in [6.45, 7) is 6.74. The maximum atomic E-state index is 12.2. The SMILES string of the molecule is CC(C)S(=O)(=O)NCCOc1ccc(C2(O)CCCC2NS(=O)(=O)C(C)C)cc1. The third-order valence-corrected chi connectivity index (χ3v) is 8.91. The van der Waals surface area contributed by atoms with Crippen LogP contribution in [0.25, 0.3) is 0 Å². The van der Waals surface area contributed by atoms with Crippen molar-refractivity contribution in [1.29, 1.82) is 0 Å². The molecule has 0 saturated heterocycles. The summed E-state index contributed by atoms with van der Waals surface area (Å²) >= 11 is 0. The molecule has 0 radical (unpaired) electrons. The van der Waals surface area contributed by atoms with Crippen LogP contribution in [0.4, 0.5) is 0 Å². The van der Waals surface area contributed by atoms with Crippen molar-refractivity contribution in [3.05, 3.63) is 29.8 Å². The lowest BCUT2D eigenvalue weighted by Crippen LogP contribution is -2.48. The molecule has 2 atom stereocenters. The van der Waals surface area contributed by atoms with Crippen LogP contribution in [0, 0.1) is 0 Å². The Kier molecular flexibility index (Phi) is 7.72. The smallest absolute Gasteiger partial charge is 0.214 e. The van der Waals surface area contributed by atoms with Crippen molar-refractivity contribution in [2.75, 3.05) is 13.2 Å². The lowest BCUT2D eigenvalue weighted by atomic mass is 9.89. The number of aliphatic hydroxyl groups is 1. The second-order valence-electron chi connectivity index (χ2n) is 7.94. The van der Waals surface area contributed by atoms with Crippen molar-refractivity contribution in [2.45, 2.75) is 69.1 Å². The van der Waals surface area contributed by atoms with Crippen molar-refractivity contribution >= 4 is 20.0 Å². The Morgan fingerprint density at radius 3 is 2.21 bits per heavy atom. The molecule has 1 aromatic rings. The van der Waals surface area contributed by atoms with E-state index >= 15 is 0 Å². The second kappa shape index (κ2) is 9.30. The monoisotopic (exact) mass is 448 g/mol. The topological polar surface area (TPSA) is 122 Å². The van der Waals surface area contributed by atoms with E-state index in [1.807, 2.05) is 0 Å². The number of hydrogen-bond donors (Lipinski definition) is 3. The van der Waals surface area contributed by atoms with Gasteiger partial charge in [-0.3, -0.25) is 0 Å². The maximum absolute atomic E-state index is 12.2. The zero-order valence-electron chi connectivity index (χ0n) is 17.4. The van der Waals surface area contributed by atoms with Gasteiger partial charge in [-0.05, 0) is 64.7 Å². The molecule has 0 aliphatic heterocycles. The van der Waals surface area contributed by atoms with E-state index in [1.165, 1.54) is 0 Å². The Morgan fingerprint density at radius 1 is 1.07 bits per heavy atom. The number of rotatable bonds is 10. The van der Waals surface area contributed by atoms with Crippen LogP contribution in [0.15, 0.2) is 24.3 Å². The third-order valence-electron chi connectivity index (χ3n) is 5.20. The summed E-state index contributed by atoms with van der Waals surface area (Å²) in [6, 6.07) is 6.24. The number of benzene rings is 1. The first-order valence-corrected chi connectivity index (χ1v) is 12.9. The van der Waals surface area contributed by atoms with Crippen molar-refractivity contribution in [2.24, 2.45) is 0 Å². The summed E-state index contributed by atoms with van der Waals surface area (Å²) in [4.78, 5) is 0. The van der Waals surface area contributed by atoms with E-state index in [0.29, 0.717) is 24.2 Å². The van der Waals surface area contributed by atoms with Crippen LogP contribution in [0.3, 0.4) is 0 Å². The molecule has 0 heterocycles. The van der Waals surface area contributed by atoms with Gasteiger partial charge in [0.15, 0.2) is 0 Å². The van der Waals surface area contributed by atoms with E-state index in [9.17, 15) is 21.9 Å². The number of ether oxygens (including phenoxy) is 1. The molecule has 0 bridgehead atoms. The fourth-order valence-electron chi connectivity index (χ4n) is 3.18. The van der Waals surface area contributed by atoms with E-state index in [2.05, 4.69) is 9.44 Å². The van der Waals surface area contributed by atoms with Crippen molar-refractivity contribution in [3.63, 3.8) is 0 Å². The number of sulfonamides is 2. The van der Waals surface area contributed by atoms with E-state index in [0.717, 1.165) is 6.42 Å². The first-order valence-electron chi connectivity index (χ1n) is 9.84. The largest absolute Gasteiger partial charge is 0.492 e. The molecule has 0 spiro atoms. The molecule has 1 aliphatic rings. The summed E-state index contributed by atoms with van der Waals surface area (Å²) < 4.78 is 58.5. The molecule has 1 fully saturated rings. The summed E-state index contributed by atoms with van der Waals surface area (Å²) in [7, 11) is -6.82. The van der Waals surface area contributed by atoms with Gasteiger partial charge in [0, 0.05) is 6.54 Å². The fourth-order valence-corrected chi connectivity index (χ4v) is 4.87. The number of hydrogen-bond acceptors (Lipinski definition) is 6. The lowest BCUT2D eigenvalue weighted by molar-refractivity contribution is 0.0230. The predicted molar refractivity (Wildman–Crippen MR) is 113 cm³/mol. The zero-order valence-corrected chi connectivity index (χ0v) is 19.0. The van der Waals surface area contributed by atoms with Gasteiger partial charge in [-0.25, -0.2) is 26.3 Å². The van der Waals surface area contributed by atoms with Gasteiger partial charge in [0.2, 0.25) is 20.0 Å². The quantitative estimate of drug-likeness (QED) is 0.466. The summed E-state index contributed by atoms with van der Waals surface area (Å²) in [5, 5.41) is 10.1. The van der Waals surface area contributed by atoms with E-state index in [4.69, 9.17) is 4.74 Å². The van der Waals surface area contributed by atoms with E-state index < -0.39 is 42.2 Å². The van der Waals surface area contributed by atoms with Gasteiger partial charge in [0.05, 0.1) is 16.5 Å².